The van der Waals surface area contributed by atoms with Gasteiger partial charge in [0.2, 0.25) is 0 Å². The monoisotopic (exact) mass is 297 g/mol. The van der Waals surface area contributed by atoms with Gasteiger partial charge in [-0.1, -0.05) is 12.8 Å². The summed E-state index contributed by atoms with van der Waals surface area (Å²) in [5.74, 6) is 3.86. The van der Waals surface area contributed by atoms with Crippen molar-refractivity contribution in [1.29, 1.82) is 0 Å². The van der Waals surface area contributed by atoms with Gasteiger partial charge in [0.1, 0.15) is 11.5 Å². The van der Waals surface area contributed by atoms with Gasteiger partial charge in [0, 0.05) is 22.1 Å². The fraction of sp³-hybridized carbons (Fsp3) is 0.750. The lowest BCUT2D eigenvalue weighted by Crippen LogP contribution is -2.34. The molecule has 1 unspecified atom stereocenters. The first kappa shape index (κ1) is 15.8. The highest BCUT2D eigenvalue weighted by Crippen LogP contribution is 2.26. The molecule has 1 aliphatic rings. The van der Waals surface area contributed by atoms with Crippen LogP contribution in [0.5, 0.6) is 0 Å². The van der Waals surface area contributed by atoms with Crippen LogP contribution in [0.1, 0.15) is 58.0 Å². The van der Waals surface area contributed by atoms with Crippen molar-refractivity contribution in [3.05, 3.63) is 23.7 Å². The van der Waals surface area contributed by atoms with Gasteiger partial charge in [0.25, 0.3) is 0 Å². The molecule has 0 bridgehead atoms. The minimum absolute atomic E-state index is 0.0816. The summed E-state index contributed by atoms with van der Waals surface area (Å²) >= 11 is 0. The van der Waals surface area contributed by atoms with Gasteiger partial charge in [0.05, 0.1) is 12.3 Å². The maximum absolute atomic E-state index is 12.1. The van der Waals surface area contributed by atoms with Crippen molar-refractivity contribution in [3.8, 4) is 0 Å². The zero-order chi connectivity index (χ0) is 14.6. The number of furan rings is 1. The predicted octanol–water partition coefficient (Wildman–Crippen LogP) is 3.61. The Labute approximate surface area is 125 Å². The molecule has 114 valence electrons. The fourth-order valence-electron chi connectivity index (χ4n) is 2.60. The summed E-state index contributed by atoms with van der Waals surface area (Å²) in [4.78, 5) is 0. The lowest BCUT2D eigenvalue weighted by atomic mass is 10.1. The van der Waals surface area contributed by atoms with Crippen molar-refractivity contribution >= 4 is 10.8 Å². The second-order valence-electron chi connectivity index (χ2n) is 6.87. The van der Waals surface area contributed by atoms with E-state index in [2.05, 4.69) is 26.1 Å². The third-order valence-corrected chi connectivity index (χ3v) is 5.16. The predicted molar refractivity (Wildman–Crippen MR) is 84.0 cm³/mol. The molecule has 0 aromatic carbocycles. The summed E-state index contributed by atoms with van der Waals surface area (Å²) in [6.07, 6.45) is 5.13. The summed E-state index contributed by atoms with van der Waals surface area (Å²) in [6.45, 7) is 7.12. The third-order valence-electron chi connectivity index (χ3n) is 3.71. The SMILES string of the molecule is CC(C)(C)NCc1ccc(CS(=O)CC2CCCC2)o1. The van der Waals surface area contributed by atoms with E-state index in [0.717, 1.165) is 23.8 Å². The van der Waals surface area contributed by atoms with Gasteiger partial charge in [-0.15, -0.1) is 0 Å². The zero-order valence-electron chi connectivity index (χ0n) is 12.9. The van der Waals surface area contributed by atoms with Crippen LogP contribution in [-0.4, -0.2) is 15.5 Å². The molecule has 1 aliphatic carbocycles. The Balaban J connectivity index is 1.78. The van der Waals surface area contributed by atoms with Gasteiger partial charge in [-0.3, -0.25) is 4.21 Å². The molecule has 0 saturated heterocycles. The van der Waals surface area contributed by atoms with Gasteiger partial charge in [-0.25, -0.2) is 0 Å². The van der Waals surface area contributed by atoms with Crippen molar-refractivity contribution in [3.63, 3.8) is 0 Å². The summed E-state index contributed by atoms with van der Waals surface area (Å²) in [6, 6.07) is 3.95. The summed E-state index contributed by atoms with van der Waals surface area (Å²) in [7, 11) is -0.783. The Morgan fingerprint density at radius 2 is 1.90 bits per heavy atom. The fourth-order valence-corrected chi connectivity index (χ4v) is 4.05. The van der Waals surface area contributed by atoms with Gasteiger partial charge < -0.3 is 9.73 Å². The topological polar surface area (TPSA) is 42.2 Å². The third kappa shape index (κ3) is 5.41. The van der Waals surface area contributed by atoms with Crippen LogP contribution in [0.15, 0.2) is 16.5 Å². The average molecular weight is 297 g/mol. The highest BCUT2D eigenvalue weighted by molar-refractivity contribution is 7.84. The molecular formula is C16H27NO2S. The minimum Gasteiger partial charge on any atom is -0.464 e. The van der Waals surface area contributed by atoms with Crippen molar-refractivity contribution in [1.82, 2.24) is 5.32 Å². The van der Waals surface area contributed by atoms with E-state index in [0.29, 0.717) is 11.7 Å². The van der Waals surface area contributed by atoms with Gasteiger partial charge >= 0.3 is 0 Å². The lowest BCUT2D eigenvalue weighted by Gasteiger charge is -2.19. The van der Waals surface area contributed by atoms with E-state index in [4.69, 9.17) is 4.42 Å². The average Bonchev–Trinajstić information content (AvgIpc) is 2.97. The van der Waals surface area contributed by atoms with Crippen LogP contribution < -0.4 is 5.32 Å². The Bertz CT molecular complexity index is 442. The molecule has 4 heteroatoms. The van der Waals surface area contributed by atoms with Crippen molar-refractivity contribution < 1.29 is 8.63 Å². The van der Waals surface area contributed by atoms with E-state index in [1.54, 1.807) is 0 Å². The molecule has 1 heterocycles. The van der Waals surface area contributed by atoms with Crippen LogP contribution in [0, 0.1) is 5.92 Å². The first-order chi connectivity index (χ1) is 9.42. The zero-order valence-corrected chi connectivity index (χ0v) is 13.7. The second-order valence-corrected chi connectivity index (χ2v) is 8.37. The molecule has 2 rings (SSSR count). The molecule has 1 atom stereocenters. The van der Waals surface area contributed by atoms with E-state index in [-0.39, 0.29) is 5.54 Å². The van der Waals surface area contributed by atoms with Crippen molar-refractivity contribution in [2.75, 3.05) is 5.75 Å². The first-order valence-corrected chi connectivity index (χ1v) is 9.09. The highest BCUT2D eigenvalue weighted by atomic mass is 32.2. The van der Waals surface area contributed by atoms with E-state index in [9.17, 15) is 4.21 Å². The van der Waals surface area contributed by atoms with Crippen molar-refractivity contribution in [2.24, 2.45) is 5.92 Å². The Morgan fingerprint density at radius 1 is 1.25 bits per heavy atom. The Hall–Kier alpha value is -0.610. The largest absolute Gasteiger partial charge is 0.464 e. The summed E-state index contributed by atoms with van der Waals surface area (Å²) in [5, 5.41) is 3.39. The Kier molecular flexibility index (Phi) is 5.44. The maximum Gasteiger partial charge on any atom is 0.118 e. The van der Waals surface area contributed by atoms with E-state index in [1.165, 1.54) is 25.7 Å². The normalized spacial score (nSPS) is 18.6. The van der Waals surface area contributed by atoms with Gasteiger partial charge in [0.15, 0.2) is 0 Å². The number of hydrogen-bond acceptors (Lipinski definition) is 3. The van der Waals surface area contributed by atoms with Crippen LogP contribution in [0.3, 0.4) is 0 Å². The van der Waals surface area contributed by atoms with Crippen LogP contribution >= 0.6 is 0 Å². The molecule has 1 saturated carbocycles. The minimum atomic E-state index is -0.783. The van der Waals surface area contributed by atoms with Crippen LogP contribution in [0.25, 0.3) is 0 Å². The molecule has 3 nitrogen and oxygen atoms in total. The number of rotatable bonds is 6. The molecule has 0 radical (unpaired) electrons. The molecular weight excluding hydrogens is 270 g/mol. The van der Waals surface area contributed by atoms with Gasteiger partial charge in [-0.2, -0.15) is 0 Å². The summed E-state index contributed by atoms with van der Waals surface area (Å²) in [5.41, 5.74) is 0.0816. The molecule has 0 spiro atoms. The molecule has 20 heavy (non-hydrogen) atoms. The van der Waals surface area contributed by atoms with E-state index >= 15 is 0 Å². The standard InChI is InChI=1S/C16H27NO2S/c1-16(2,3)17-10-14-8-9-15(19-14)12-20(18)11-13-6-4-5-7-13/h8-9,13,17H,4-7,10-12H2,1-3H3. The second kappa shape index (κ2) is 6.90. The molecule has 1 aromatic heterocycles. The Morgan fingerprint density at radius 3 is 2.55 bits per heavy atom. The molecule has 1 fully saturated rings. The smallest absolute Gasteiger partial charge is 0.118 e. The summed E-state index contributed by atoms with van der Waals surface area (Å²) < 4.78 is 17.9. The van der Waals surface area contributed by atoms with Crippen LogP contribution in [0.4, 0.5) is 0 Å². The highest BCUT2D eigenvalue weighted by Gasteiger charge is 2.18. The van der Waals surface area contributed by atoms with Gasteiger partial charge in [-0.05, 0) is 51.7 Å². The molecule has 0 amide bonds. The molecule has 0 aliphatic heterocycles. The quantitative estimate of drug-likeness (QED) is 0.872. The lowest BCUT2D eigenvalue weighted by molar-refractivity contribution is 0.382. The number of nitrogens with one attached hydrogen (secondary N) is 1. The number of hydrogen-bond donors (Lipinski definition) is 1. The van der Waals surface area contributed by atoms with E-state index in [1.807, 2.05) is 12.1 Å². The first-order valence-electron chi connectivity index (χ1n) is 7.60. The maximum atomic E-state index is 12.1. The molecule has 1 N–H and O–H groups in total. The van der Waals surface area contributed by atoms with Crippen LogP contribution in [-0.2, 0) is 23.1 Å². The molecule has 1 aromatic rings. The van der Waals surface area contributed by atoms with Crippen molar-refractivity contribution in [2.45, 2.75) is 64.3 Å². The van der Waals surface area contributed by atoms with E-state index < -0.39 is 10.8 Å². The van der Waals surface area contributed by atoms with Crippen LogP contribution in [0.2, 0.25) is 0 Å².